The van der Waals surface area contributed by atoms with E-state index < -0.39 is 35.2 Å². The molecule has 1 amide bonds. The van der Waals surface area contributed by atoms with Crippen molar-refractivity contribution in [3.63, 3.8) is 0 Å². The van der Waals surface area contributed by atoms with Crippen LogP contribution in [0.25, 0.3) is 22.0 Å². The lowest BCUT2D eigenvalue weighted by Crippen LogP contribution is -2.26. The highest BCUT2D eigenvalue weighted by atomic mass is 19.4. The molecule has 0 unspecified atom stereocenters. The topological polar surface area (TPSA) is 79.9 Å². The van der Waals surface area contributed by atoms with Gasteiger partial charge < -0.3 is 15.0 Å². The Kier molecular flexibility index (Phi) is 6.14. The second kappa shape index (κ2) is 8.93. The molecular formula is C23H16F6N4O2. The molecule has 0 saturated heterocycles. The first-order valence-electron chi connectivity index (χ1n) is 10.0. The summed E-state index contributed by atoms with van der Waals surface area (Å²) in [5.74, 6) is -0.876. The Bertz CT molecular complexity index is 1400. The molecule has 4 aromatic rings. The molecular weight excluding hydrogens is 478 g/mol. The zero-order valence-electron chi connectivity index (χ0n) is 17.9. The minimum atomic E-state index is -4.84. The molecule has 182 valence electrons. The Labute approximate surface area is 194 Å². The molecule has 0 aliphatic carbocycles. The number of H-pyrrole nitrogens is 1. The number of rotatable bonds is 5. The van der Waals surface area contributed by atoms with Crippen molar-refractivity contribution < 1.29 is 35.9 Å². The summed E-state index contributed by atoms with van der Waals surface area (Å²) < 4.78 is 84.9. The van der Waals surface area contributed by atoms with Crippen molar-refractivity contribution in [3.05, 3.63) is 77.4 Å². The average Bonchev–Trinajstić information content (AvgIpc) is 3.26. The SMILES string of the molecule is COc1ncccc1-c1cc(CNC(=O)c2cccnc2C(F)(F)F)cc2cc(C(F)(F)F)[nH]c12. The van der Waals surface area contributed by atoms with E-state index in [-0.39, 0.29) is 23.3 Å². The molecule has 0 saturated carbocycles. The zero-order valence-corrected chi connectivity index (χ0v) is 17.9. The van der Waals surface area contributed by atoms with E-state index in [0.29, 0.717) is 16.7 Å². The summed E-state index contributed by atoms with van der Waals surface area (Å²) in [7, 11) is 1.36. The maximum Gasteiger partial charge on any atom is 0.434 e. The molecule has 1 aromatic carbocycles. The van der Waals surface area contributed by atoms with E-state index in [2.05, 4.69) is 20.3 Å². The smallest absolute Gasteiger partial charge is 0.434 e. The van der Waals surface area contributed by atoms with Gasteiger partial charge in [-0.2, -0.15) is 26.3 Å². The Balaban J connectivity index is 1.75. The van der Waals surface area contributed by atoms with Gasteiger partial charge in [-0.25, -0.2) is 4.98 Å². The quantitative estimate of drug-likeness (QED) is 0.354. The fourth-order valence-electron chi connectivity index (χ4n) is 3.62. The van der Waals surface area contributed by atoms with Gasteiger partial charge in [-0.3, -0.25) is 9.78 Å². The number of carbonyl (C=O) groups excluding carboxylic acids is 1. The van der Waals surface area contributed by atoms with Crippen LogP contribution >= 0.6 is 0 Å². The van der Waals surface area contributed by atoms with Crippen molar-refractivity contribution in [1.29, 1.82) is 0 Å². The summed E-state index contributed by atoms with van der Waals surface area (Å²) in [6.45, 7) is -0.261. The molecule has 0 radical (unpaired) electrons. The standard InChI is InChI=1S/C23H16F6N4O2/c1-35-21-14(4-2-7-31-21)16-9-12(8-13-10-17(22(24,25)26)33-18(13)16)11-32-20(34)15-5-3-6-30-19(15)23(27,28)29/h2-10,33H,11H2,1H3,(H,32,34). The molecule has 6 nitrogen and oxygen atoms in total. The number of alkyl halides is 6. The fraction of sp³-hybridized carbons (Fsp3) is 0.174. The molecule has 0 fully saturated rings. The first kappa shape index (κ1) is 24.0. The molecule has 2 N–H and O–H groups in total. The van der Waals surface area contributed by atoms with E-state index in [9.17, 15) is 31.1 Å². The molecule has 12 heteroatoms. The molecule has 0 atom stereocenters. The molecule has 3 aromatic heterocycles. The van der Waals surface area contributed by atoms with E-state index >= 15 is 0 Å². The minimum Gasteiger partial charge on any atom is -0.481 e. The summed E-state index contributed by atoms with van der Waals surface area (Å²) in [4.78, 5) is 22.2. The predicted octanol–water partition coefficient (Wildman–Crippen LogP) is 5.60. The maximum absolute atomic E-state index is 13.4. The molecule has 0 aliphatic rings. The van der Waals surface area contributed by atoms with E-state index in [4.69, 9.17) is 4.74 Å². The van der Waals surface area contributed by atoms with Crippen LogP contribution in [-0.4, -0.2) is 28.0 Å². The van der Waals surface area contributed by atoms with Crippen LogP contribution in [0.2, 0.25) is 0 Å². The highest BCUT2D eigenvalue weighted by molar-refractivity contribution is 5.97. The van der Waals surface area contributed by atoms with Crippen LogP contribution in [0.1, 0.15) is 27.3 Å². The van der Waals surface area contributed by atoms with Crippen molar-refractivity contribution in [2.24, 2.45) is 0 Å². The lowest BCUT2D eigenvalue weighted by atomic mass is 10.0. The number of hydrogen-bond donors (Lipinski definition) is 2. The monoisotopic (exact) mass is 494 g/mol. The Morgan fingerprint density at radius 3 is 2.37 bits per heavy atom. The van der Waals surface area contributed by atoms with Gasteiger partial charge in [0.2, 0.25) is 5.88 Å². The van der Waals surface area contributed by atoms with Crippen LogP contribution in [0.5, 0.6) is 5.88 Å². The molecule has 0 spiro atoms. The van der Waals surface area contributed by atoms with Crippen molar-refractivity contribution in [2.75, 3.05) is 7.11 Å². The zero-order chi connectivity index (χ0) is 25.4. The van der Waals surface area contributed by atoms with Gasteiger partial charge in [0.15, 0.2) is 5.69 Å². The Morgan fingerprint density at radius 2 is 1.69 bits per heavy atom. The second-order valence-electron chi connectivity index (χ2n) is 7.43. The van der Waals surface area contributed by atoms with Gasteiger partial charge in [0, 0.05) is 35.5 Å². The summed E-state index contributed by atoms with van der Waals surface area (Å²) in [6, 6.07) is 9.18. The summed E-state index contributed by atoms with van der Waals surface area (Å²) in [5.41, 5.74) is -1.80. The van der Waals surface area contributed by atoms with Gasteiger partial charge in [-0.05, 0) is 48.0 Å². The Morgan fingerprint density at radius 1 is 0.971 bits per heavy atom. The molecule has 0 aliphatic heterocycles. The third kappa shape index (κ3) is 4.91. The van der Waals surface area contributed by atoms with E-state index in [1.165, 1.54) is 31.5 Å². The highest BCUT2D eigenvalue weighted by Crippen LogP contribution is 2.38. The fourth-order valence-corrected chi connectivity index (χ4v) is 3.62. The van der Waals surface area contributed by atoms with Crippen LogP contribution in [0.15, 0.2) is 54.9 Å². The van der Waals surface area contributed by atoms with E-state index in [1.807, 2.05) is 0 Å². The number of fused-ring (bicyclic) bond motifs is 1. The normalized spacial score (nSPS) is 12.1. The number of amides is 1. The van der Waals surface area contributed by atoms with Gasteiger partial charge in [0.1, 0.15) is 5.69 Å². The van der Waals surface area contributed by atoms with Gasteiger partial charge in [-0.15, -0.1) is 0 Å². The predicted molar refractivity (Wildman–Crippen MR) is 113 cm³/mol. The van der Waals surface area contributed by atoms with Gasteiger partial charge in [0.05, 0.1) is 18.2 Å². The van der Waals surface area contributed by atoms with Crippen LogP contribution in [0, 0.1) is 0 Å². The van der Waals surface area contributed by atoms with Crippen LogP contribution in [0.3, 0.4) is 0 Å². The summed E-state index contributed by atoms with van der Waals surface area (Å²) in [5, 5.41) is 2.56. The number of nitrogens with one attached hydrogen (secondary N) is 2. The van der Waals surface area contributed by atoms with Crippen molar-refractivity contribution >= 4 is 16.8 Å². The van der Waals surface area contributed by atoms with Crippen LogP contribution in [-0.2, 0) is 18.9 Å². The van der Waals surface area contributed by atoms with Gasteiger partial charge in [0.25, 0.3) is 5.91 Å². The number of ether oxygens (including phenoxy) is 1. The Hall–Kier alpha value is -4.09. The third-order valence-electron chi connectivity index (χ3n) is 5.12. The summed E-state index contributed by atoms with van der Waals surface area (Å²) >= 11 is 0. The largest absolute Gasteiger partial charge is 0.481 e. The van der Waals surface area contributed by atoms with Gasteiger partial charge >= 0.3 is 12.4 Å². The lowest BCUT2D eigenvalue weighted by molar-refractivity contribution is -0.142. The number of benzene rings is 1. The molecule has 35 heavy (non-hydrogen) atoms. The first-order chi connectivity index (χ1) is 16.5. The lowest BCUT2D eigenvalue weighted by Gasteiger charge is -2.13. The van der Waals surface area contributed by atoms with Gasteiger partial charge in [-0.1, -0.05) is 0 Å². The molecule has 0 bridgehead atoms. The van der Waals surface area contributed by atoms with E-state index in [0.717, 1.165) is 18.3 Å². The second-order valence-corrected chi connectivity index (χ2v) is 7.43. The third-order valence-corrected chi connectivity index (χ3v) is 5.12. The summed E-state index contributed by atoms with van der Waals surface area (Å²) in [6.07, 6.45) is -7.11. The highest BCUT2D eigenvalue weighted by Gasteiger charge is 2.37. The number of hydrogen-bond acceptors (Lipinski definition) is 4. The van der Waals surface area contributed by atoms with Crippen LogP contribution in [0.4, 0.5) is 26.3 Å². The number of carbonyl (C=O) groups is 1. The number of aromatic nitrogens is 3. The molecule has 4 rings (SSSR count). The molecule has 3 heterocycles. The average molecular weight is 494 g/mol. The minimum absolute atomic E-state index is 0.156. The first-order valence-corrected chi connectivity index (χ1v) is 10.0. The van der Waals surface area contributed by atoms with Crippen molar-refractivity contribution in [3.8, 4) is 17.0 Å². The number of aromatic amines is 1. The van der Waals surface area contributed by atoms with Crippen LogP contribution < -0.4 is 10.1 Å². The number of halogens is 6. The van der Waals surface area contributed by atoms with E-state index in [1.54, 1.807) is 12.1 Å². The van der Waals surface area contributed by atoms with Crippen molar-refractivity contribution in [1.82, 2.24) is 20.3 Å². The number of nitrogens with zero attached hydrogens (tertiary/aromatic N) is 2. The maximum atomic E-state index is 13.4. The number of pyridine rings is 2. The van der Waals surface area contributed by atoms with Crippen molar-refractivity contribution in [2.45, 2.75) is 18.9 Å². The number of methoxy groups -OCH3 is 1.